The second-order valence-electron chi connectivity index (χ2n) is 7.58. The summed E-state index contributed by atoms with van der Waals surface area (Å²) in [7, 11) is 4.15. The van der Waals surface area contributed by atoms with Gasteiger partial charge in [0.2, 0.25) is 0 Å². The minimum absolute atomic E-state index is 0. The van der Waals surface area contributed by atoms with Gasteiger partial charge in [0.15, 0.2) is 5.96 Å². The van der Waals surface area contributed by atoms with E-state index in [1.165, 1.54) is 16.8 Å². The zero-order chi connectivity index (χ0) is 20.5. The lowest BCUT2D eigenvalue weighted by molar-refractivity contribution is -0.0390. The molecule has 3 rings (SSSR count). The van der Waals surface area contributed by atoms with Crippen molar-refractivity contribution in [3.8, 4) is 0 Å². The summed E-state index contributed by atoms with van der Waals surface area (Å²) in [5.41, 5.74) is 3.65. The molecule has 1 aromatic heterocycles. The lowest BCUT2D eigenvalue weighted by Crippen LogP contribution is -2.38. The molecule has 2 aromatic rings. The molecule has 0 spiro atoms. The number of nitrogens with one attached hydrogen (secondary N) is 1. The predicted molar refractivity (Wildman–Crippen MR) is 132 cm³/mol. The van der Waals surface area contributed by atoms with Gasteiger partial charge in [-0.05, 0) is 43.0 Å². The summed E-state index contributed by atoms with van der Waals surface area (Å²) in [6, 6.07) is 12.8. The van der Waals surface area contributed by atoms with E-state index in [2.05, 4.69) is 78.4 Å². The van der Waals surface area contributed by atoms with Gasteiger partial charge in [0.05, 0.1) is 25.8 Å². The van der Waals surface area contributed by atoms with Crippen LogP contribution in [0.15, 0.2) is 47.6 Å². The standard InChI is InChI=1S/C23H34N4O2.HI/c1-4-24-23(27(3)17-21-9-6-12-26(21)2)25-16-19-7-5-8-20(15-19)18-29-22-10-13-28-14-11-22;/h5-9,12,15,22H,4,10-11,13-14,16-18H2,1-3H3,(H,24,25);1H. The molecule has 1 saturated heterocycles. The maximum absolute atomic E-state index is 6.06. The van der Waals surface area contributed by atoms with E-state index in [1.54, 1.807) is 0 Å². The van der Waals surface area contributed by atoms with Gasteiger partial charge in [-0.1, -0.05) is 24.3 Å². The molecule has 1 N–H and O–H groups in total. The number of aryl methyl sites for hydroxylation is 1. The van der Waals surface area contributed by atoms with Crippen molar-refractivity contribution in [1.82, 2.24) is 14.8 Å². The molecule has 6 nitrogen and oxygen atoms in total. The van der Waals surface area contributed by atoms with Crippen LogP contribution >= 0.6 is 24.0 Å². The molecule has 0 amide bonds. The van der Waals surface area contributed by atoms with E-state index in [-0.39, 0.29) is 24.0 Å². The zero-order valence-electron chi connectivity index (χ0n) is 18.3. The highest BCUT2D eigenvalue weighted by Gasteiger charge is 2.14. The number of halogens is 1. The fourth-order valence-electron chi connectivity index (χ4n) is 3.49. The molecule has 30 heavy (non-hydrogen) atoms. The molecule has 1 aromatic carbocycles. The Morgan fingerprint density at radius 3 is 2.70 bits per heavy atom. The number of ether oxygens (including phenoxy) is 2. The second-order valence-corrected chi connectivity index (χ2v) is 7.58. The van der Waals surface area contributed by atoms with Crippen LogP contribution in [0.4, 0.5) is 0 Å². The smallest absolute Gasteiger partial charge is 0.194 e. The normalized spacial score (nSPS) is 15.0. The van der Waals surface area contributed by atoms with Gasteiger partial charge in [-0.2, -0.15) is 0 Å². The molecule has 0 unspecified atom stereocenters. The number of hydrogen-bond acceptors (Lipinski definition) is 3. The van der Waals surface area contributed by atoms with Crippen LogP contribution in [0.2, 0.25) is 0 Å². The SMILES string of the molecule is CCNC(=NCc1cccc(COC2CCOCC2)c1)N(C)Cc1cccn1C.I. The van der Waals surface area contributed by atoms with Crippen LogP contribution in [0.1, 0.15) is 36.6 Å². The quantitative estimate of drug-likeness (QED) is 0.322. The van der Waals surface area contributed by atoms with Gasteiger partial charge in [0, 0.05) is 45.7 Å². The number of rotatable bonds is 8. The van der Waals surface area contributed by atoms with Crippen LogP contribution in [0.25, 0.3) is 0 Å². The highest BCUT2D eigenvalue weighted by Crippen LogP contribution is 2.15. The first-order valence-electron chi connectivity index (χ1n) is 10.5. The molecule has 0 saturated carbocycles. The summed E-state index contributed by atoms with van der Waals surface area (Å²) in [5.74, 6) is 0.914. The molecule has 0 aliphatic carbocycles. The third kappa shape index (κ3) is 7.59. The number of aliphatic imine (C=N–C) groups is 1. The molecule has 1 fully saturated rings. The molecule has 166 valence electrons. The van der Waals surface area contributed by atoms with Crippen molar-refractivity contribution in [3.63, 3.8) is 0 Å². The number of benzene rings is 1. The van der Waals surface area contributed by atoms with Gasteiger partial charge in [-0.3, -0.25) is 0 Å². The molecular weight excluding hydrogens is 491 g/mol. The summed E-state index contributed by atoms with van der Waals surface area (Å²) >= 11 is 0. The lowest BCUT2D eigenvalue weighted by atomic mass is 10.1. The van der Waals surface area contributed by atoms with E-state index in [9.17, 15) is 0 Å². The van der Waals surface area contributed by atoms with Crippen LogP contribution in [-0.2, 0) is 36.2 Å². The predicted octanol–water partition coefficient (Wildman–Crippen LogP) is 3.94. The fourth-order valence-corrected chi connectivity index (χ4v) is 3.49. The molecule has 0 atom stereocenters. The lowest BCUT2D eigenvalue weighted by Gasteiger charge is -2.23. The van der Waals surface area contributed by atoms with E-state index in [1.807, 2.05) is 0 Å². The third-order valence-corrected chi connectivity index (χ3v) is 5.20. The van der Waals surface area contributed by atoms with Gasteiger partial charge < -0.3 is 24.3 Å². The van der Waals surface area contributed by atoms with Gasteiger partial charge in [-0.15, -0.1) is 24.0 Å². The Hall–Kier alpha value is -1.58. The number of hydrogen-bond donors (Lipinski definition) is 1. The third-order valence-electron chi connectivity index (χ3n) is 5.20. The minimum atomic E-state index is 0. The fraction of sp³-hybridized carbons (Fsp3) is 0.522. The Labute approximate surface area is 197 Å². The van der Waals surface area contributed by atoms with Crippen molar-refractivity contribution in [2.45, 2.75) is 45.6 Å². The Balaban J connectivity index is 0.00000320. The van der Waals surface area contributed by atoms with Crippen molar-refractivity contribution >= 4 is 29.9 Å². The summed E-state index contributed by atoms with van der Waals surface area (Å²) in [6.45, 7) is 6.66. The van der Waals surface area contributed by atoms with Crippen molar-refractivity contribution in [2.75, 3.05) is 26.8 Å². The first-order valence-corrected chi connectivity index (χ1v) is 10.5. The molecule has 1 aliphatic heterocycles. The highest BCUT2D eigenvalue weighted by atomic mass is 127. The average Bonchev–Trinajstić information content (AvgIpc) is 3.15. The van der Waals surface area contributed by atoms with Gasteiger partial charge in [0.1, 0.15) is 0 Å². The monoisotopic (exact) mass is 526 g/mol. The van der Waals surface area contributed by atoms with Gasteiger partial charge in [0.25, 0.3) is 0 Å². The van der Waals surface area contributed by atoms with E-state index in [0.717, 1.165) is 45.1 Å². The van der Waals surface area contributed by atoms with Gasteiger partial charge >= 0.3 is 0 Å². The average molecular weight is 526 g/mol. The van der Waals surface area contributed by atoms with E-state index >= 15 is 0 Å². The first-order chi connectivity index (χ1) is 14.2. The molecule has 0 radical (unpaired) electrons. The maximum Gasteiger partial charge on any atom is 0.194 e. The summed E-state index contributed by atoms with van der Waals surface area (Å²) in [4.78, 5) is 7.01. The number of nitrogens with zero attached hydrogens (tertiary/aromatic N) is 3. The highest BCUT2D eigenvalue weighted by molar-refractivity contribution is 14.0. The largest absolute Gasteiger partial charge is 0.381 e. The van der Waals surface area contributed by atoms with E-state index in [0.29, 0.717) is 19.3 Å². The Bertz CT molecular complexity index is 787. The summed E-state index contributed by atoms with van der Waals surface area (Å²) in [5, 5.41) is 3.40. The second kappa shape index (κ2) is 13.0. The molecule has 2 heterocycles. The van der Waals surface area contributed by atoms with Crippen LogP contribution < -0.4 is 5.32 Å². The van der Waals surface area contributed by atoms with Crippen molar-refractivity contribution in [2.24, 2.45) is 12.0 Å². The molecular formula is C23H35IN4O2. The molecule has 1 aliphatic rings. The van der Waals surface area contributed by atoms with E-state index in [4.69, 9.17) is 14.5 Å². The minimum Gasteiger partial charge on any atom is -0.381 e. The Morgan fingerprint density at radius 1 is 1.23 bits per heavy atom. The number of guanidine groups is 1. The van der Waals surface area contributed by atoms with Crippen molar-refractivity contribution in [1.29, 1.82) is 0 Å². The maximum atomic E-state index is 6.06. The number of aromatic nitrogens is 1. The Kier molecular flexibility index (Phi) is 10.7. The topological polar surface area (TPSA) is 51.0 Å². The zero-order valence-corrected chi connectivity index (χ0v) is 20.7. The van der Waals surface area contributed by atoms with Crippen molar-refractivity contribution < 1.29 is 9.47 Å². The summed E-state index contributed by atoms with van der Waals surface area (Å²) < 4.78 is 13.6. The Morgan fingerprint density at radius 2 is 2.00 bits per heavy atom. The van der Waals surface area contributed by atoms with Crippen LogP contribution in [-0.4, -0.2) is 48.3 Å². The molecule has 0 bridgehead atoms. The van der Waals surface area contributed by atoms with Crippen LogP contribution in [0.3, 0.4) is 0 Å². The van der Waals surface area contributed by atoms with Crippen molar-refractivity contribution in [3.05, 3.63) is 59.4 Å². The van der Waals surface area contributed by atoms with Crippen LogP contribution in [0.5, 0.6) is 0 Å². The van der Waals surface area contributed by atoms with E-state index < -0.39 is 0 Å². The van der Waals surface area contributed by atoms with Gasteiger partial charge in [-0.25, -0.2) is 4.99 Å². The first kappa shape index (κ1) is 24.7. The van der Waals surface area contributed by atoms with Crippen LogP contribution in [0, 0.1) is 0 Å². The summed E-state index contributed by atoms with van der Waals surface area (Å²) in [6.07, 6.45) is 4.37. The molecule has 7 heteroatoms.